The fraction of sp³-hybridized carbons (Fsp3) is 0.846. The molecule has 0 aromatic carbocycles. The Morgan fingerprint density at radius 1 is 1.08 bits per heavy atom. The van der Waals surface area contributed by atoms with Crippen LogP contribution < -0.4 is 0 Å². The minimum atomic E-state index is 0. The number of rotatable bonds is 5. The van der Waals surface area contributed by atoms with E-state index in [4.69, 9.17) is 0 Å². The second-order valence-electron chi connectivity index (χ2n) is 10.9. The van der Waals surface area contributed by atoms with Crippen molar-refractivity contribution in [2.24, 2.45) is 35.0 Å². The van der Waals surface area contributed by atoms with Crippen molar-refractivity contribution in [3.63, 3.8) is 0 Å². The van der Waals surface area contributed by atoms with E-state index in [0.29, 0.717) is 5.41 Å². The van der Waals surface area contributed by atoms with E-state index in [9.17, 15) is 0 Å². The van der Waals surface area contributed by atoms with Gasteiger partial charge in [-0.05, 0) is 104 Å². The van der Waals surface area contributed by atoms with Gasteiger partial charge in [-0.1, -0.05) is 58.6 Å². The molecule has 0 heterocycles. The second-order valence-corrected chi connectivity index (χ2v) is 10.9. The highest BCUT2D eigenvalue weighted by atomic mass is 14.6. The topological polar surface area (TPSA) is 0 Å². The van der Waals surface area contributed by atoms with Crippen molar-refractivity contribution in [3.05, 3.63) is 22.8 Å². The summed E-state index contributed by atoms with van der Waals surface area (Å²) in [5.74, 6) is 4.69. The summed E-state index contributed by atoms with van der Waals surface area (Å²) in [6.07, 6.45) is 20.0. The van der Waals surface area contributed by atoms with E-state index in [2.05, 4.69) is 33.8 Å². The maximum Gasteiger partial charge on any atom is 0 e. The van der Waals surface area contributed by atoms with Gasteiger partial charge < -0.3 is 0 Å². The Bertz CT molecular complexity index is 587. The fourth-order valence-corrected chi connectivity index (χ4v) is 7.61. The minimum absolute atomic E-state index is 0. The molecule has 150 valence electrons. The lowest BCUT2D eigenvalue weighted by atomic mass is 9.55. The quantitative estimate of drug-likeness (QED) is 0.461. The third-order valence-electron chi connectivity index (χ3n) is 8.99. The zero-order valence-corrected chi connectivity index (χ0v) is 17.9. The molecule has 4 aliphatic rings. The highest BCUT2D eigenvalue weighted by molar-refractivity contribution is 5.43. The lowest BCUT2D eigenvalue weighted by molar-refractivity contribution is 0.0519. The van der Waals surface area contributed by atoms with Crippen molar-refractivity contribution in [1.29, 1.82) is 0 Å². The highest BCUT2D eigenvalue weighted by Gasteiger charge is 2.54. The molecular formula is C26H46. The molecule has 0 saturated heterocycles. The van der Waals surface area contributed by atoms with Crippen LogP contribution in [0.2, 0.25) is 0 Å². The molecule has 0 aromatic heterocycles. The molecule has 0 N–H and O–H groups in total. The molecule has 5 atom stereocenters. The van der Waals surface area contributed by atoms with Crippen LogP contribution in [0.1, 0.15) is 108 Å². The van der Waals surface area contributed by atoms with Crippen molar-refractivity contribution in [2.45, 2.75) is 105 Å². The highest BCUT2D eigenvalue weighted by Crippen LogP contribution is 2.63. The summed E-state index contributed by atoms with van der Waals surface area (Å²) in [7, 11) is 0. The average molecular weight is 359 g/mol. The van der Waals surface area contributed by atoms with Crippen LogP contribution in [-0.4, -0.2) is 0 Å². The van der Waals surface area contributed by atoms with E-state index in [-0.39, 0.29) is 2.85 Å². The Kier molecular flexibility index (Phi) is 5.42. The molecule has 0 bridgehead atoms. The molecule has 0 radical (unpaired) electrons. The third kappa shape index (κ3) is 3.24. The number of fused-ring (bicyclic) bond motifs is 4. The Morgan fingerprint density at radius 2 is 1.88 bits per heavy atom. The van der Waals surface area contributed by atoms with Crippen LogP contribution >= 0.6 is 0 Å². The summed E-state index contributed by atoms with van der Waals surface area (Å²) < 4.78 is 0. The van der Waals surface area contributed by atoms with E-state index >= 15 is 0 Å². The van der Waals surface area contributed by atoms with Crippen LogP contribution in [0.3, 0.4) is 0 Å². The van der Waals surface area contributed by atoms with Gasteiger partial charge in [-0.3, -0.25) is 0 Å². The summed E-state index contributed by atoms with van der Waals surface area (Å²) in [4.78, 5) is 0. The van der Waals surface area contributed by atoms with Crippen LogP contribution in [0, 0.1) is 35.0 Å². The minimum Gasteiger partial charge on any atom is -0.0804 e. The molecule has 3 fully saturated rings. The normalized spacial score (nSPS) is 37.9. The van der Waals surface area contributed by atoms with Gasteiger partial charge in [0.15, 0.2) is 0 Å². The molecule has 4 aliphatic carbocycles. The van der Waals surface area contributed by atoms with Crippen molar-refractivity contribution in [2.75, 3.05) is 0 Å². The van der Waals surface area contributed by atoms with Crippen LogP contribution in [0.5, 0.6) is 0 Å². The van der Waals surface area contributed by atoms with E-state index in [1.807, 2.05) is 11.1 Å². The molecule has 4 rings (SSSR count). The Labute approximate surface area is 165 Å². The second kappa shape index (κ2) is 7.48. The molecule has 1 unspecified atom stereocenters. The van der Waals surface area contributed by atoms with Crippen molar-refractivity contribution in [1.82, 2.24) is 0 Å². The van der Waals surface area contributed by atoms with Gasteiger partial charge in [0, 0.05) is 2.85 Å². The number of hydrogen-bond donors (Lipinski definition) is 0. The first-order valence-corrected chi connectivity index (χ1v) is 11.9. The molecule has 3 saturated carbocycles. The van der Waals surface area contributed by atoms with Crippen LogP contribution in [0.15, 0.2) is 22.8 Å². The van der Waals surface area contributed by atoms with Crippen LogP contribution in [0.25, 0.3) is 0 Å². The Morgan fingerprint density at radius 3 is 2.69 bits per heavy atom. The van der Waals surface area contributed by atoms with Crippen LogP contribution in [0.4, 0.5) is 0 Å². The third-order valence-corrected chi connectivity index (χ3v) is 8.99. The summed E-state index contributed by atoms with van der Waals surface area (Å²) in [5.41, 5.74) is 6.19. The summed E-state index contributed by atoms with van der Waals surface area (Å²) in [6.45, 7) is 10.1. The number of hydrogen-bond acceptors (Lipinski definition) is 0. The smallest absolute Gasteiger partial charge is 0 e. The SMILES string of the molecule is CC(C)CCC[C@@H](C)[C@H]1CCC2[C@@H]3CC=C4CCCCC4=C3CC[C@@]21C.[HH].[HH]. The first kappa shape index (κ1) is 18.8. The van der Waals surface area contributed by atoms with E-state index in [1.54, 1.807) is 5.57 Å². The molecule has 0 amide bonds. The standard InChI is InChI=1S/C26H42.2H2/c1-18(2)8-7-9-19(3)24-14-15-25-23-13-12-20-10-5-6-11-21(20)22(23)16-17-26(24,25)4;;/h12,18-19,23-25H,5-11,13-17H2,1-4H3;2*1H/t19-,23-,24-,25?,26-;;/m1../s1. The van der Waals surface area contributed by atoms with Gasteiger partial charge in [0.2, 0.25) is 0 Å². The predicted molar refractivity (Wildman–Crippen MR) is 117 cm³/mol. The van der Waals surface area contributed by atoms with Crippen molar-refractivity contribution < 1.29 is 2.85 Å². The molecule has 0 spiro atoms. The zero-order chi connectivity index (χ0) is 18.3. The number of allylic oxidation sites excluding steroid dienone is 4. The first-order chi connectivity index (χ1) is 12.5. The van der Waals surface area contributed by atoms with E-state index < -0.39 is 0 Å². The Balaban J connectivity index is 0.00000140. The van der Waals surface area contributed by atoms with Gasteiger partial charge in [0.1, 0.15) is 0 Å². The monoisotopic (exact) mass is 358 g/mol. The van der Waals surface area contributed by atoms with E-state index in [0.717, 1.165) is 29.6 Å². The summed E-state index contributed by atoms with van der Waals surface area (Å²) in [6, 6.07) is 0. The molecule has 0 aromatic rings. The average Bonchev–Trinajstić information content (AvgIpc) is 2.98. The molecule has 0 heteroatoms. The van der Waals surface area contributed by atoms with Gasteiger partial charge in [-0.15, -0.1) is 0 Å². The van der Waals surface area contributed by atoms with Crippen molar-refractivity contribution >= 4 is 0 Å². The lowest BCUT2D eigenvalue weighted by Crippen LogP contribution is -2.41. The molecule has 26 heavy (non-hydrogen) atoms. The molecular weight excluding hydrogens is 312 g/mol. The maximum absolute atomic E-state index is 2.70. The van der Waals surface area contributed by atoms with Gasteiger partial charge >= 0.3 is 0 Å². The largest absolute Gasteiger partial charge is 0.0804 e. The van der Waals surface area contributed by atoms with E-state index in [1.165, 1.54) is 77.0 Å². The van der Waals surface area contributed by atoms with Gasteiger partial charge in [-0.2, -0.15) is 0 Å². The van der Waals surface area contributed by atoms with Gasteiger partial charge in [0.05, 0.1) is 0 Å². The summed E-state index contributed by atoms with van der Waals surface area (Å²) >= 11 is 0. The predicted octanol–water partition coefficient (Wildman–Crippen LogP) is 8.58. The summed E-state index contributed by atoms with van der Waals surface area (Å²) in [5, 5.41) is 0. The van der Waals surface area contributed by atoms with Crippen molar-refractivity contribution in [3.8, 4) is 0 Å². The lowest BCUT2D eigenvalue weighted by Gasteiger charge is -2.50. The first-order valence-electron chi connectivity index (χ1n) is 11.9. The fourth-order valence-electron chi connectivity index (χ4n) is 7.61. The van der Waals surface area contributed by atoms with Crippen LogP contribution in [-0.2, 0) is 0 Å². The molecule has 0 nitrogen and oxygen atoms in total. The zero-order valence-electron chi connectivity index (χ0n) is 17.9. The maximum atomic E-state index is 2.70. The Hall–Kier alpha value is -0.520. The van der Waals surface area contributed by atoms with Gasteiger partial charge in [0.25, 0.3) is 0 Å². The van der Waals surface area contributed by atoms with Gasteiger partial charge in [-0.25, -0.2) is 0 Å². The molecule has 0 aliphatic heterocycles.